The number of carbonyl (C=O) groups excluding carboxylic acids is 3. The quantitative estimate of drug-likeness (QED) is 0.0157. The minimum atomic E-state index is -5.31. The number of amides is 2. The van der Waals surface area contributed by atoms with Gasteiger partial charge in [0.1, 0.15) is 54.8 Å². The molecule has 2 heterocycles. The highest BCUT2D eigenvalue weighted by Gasteiger charge is 2.51. The molecule has 0 saturated carbocycles. The normalized spacial score (nSPS) is 24.4. The van der Waals surface area contributed by atoms with E-state index in [1.165, 1.54) is 89.9 Å². The van der Waals surface area contributed by atoms with E-state index in [0.29, 0.717) is 38.6 Å². The molecule has 0 radical (unpaired) electrons. The summed E-state index contributed by atoms with van der Waals surface area (Å²) in [4.78, 5) is 60.1. The molecule has 0 aliphatic carbocycles. The largest absolute Gasteiger partial charge is 0.470 e. The molecule has 460 valence electrons. The second-order valence-corrected chi connectivity index (χ2v) is 23.2. The van der Waals surface area contributed by atoms with E-state index in [9.17, 15) is 54.3 Å². The van der Waals surface area contributed by atoms with Crippen molar-refractivity contribution in [3.63, 3.8) is 0 Å². The Hall–Kier alpha value is -1.88. The third-order valence-electron chi connectivity index (χ3n) is 14.9. The SMILES string of the molecule is CCCCCCCCCCCC(=O)O[C@H](CCCCCCCCCCC)CC(=O)N[C@H]1[C@H](OC[C@H]2O[C@H](OCCCCCN)[C@H](NC(=O)C[C@H](O)CCCCCCCCCCC)[C@@H](O)[C@@H]2O)O[C@H](CO)[C@@H](OP(=O)(O)O)[C@@H]1O. The van der Waals surface area contributed by atoms with E-state index >= 15 is 0 Å². The molecule has 2 aliphatic rings. The van der Waals surface area contributed by atoms with E-state index in [4.69, 9.17) is 33.9 Å². The van der Waals surface area contributed by atoms with Crippen molar-refractivity contribution >= 4 is 25.6 Å². The third-order valence-corrected chi connectivity index (χ3v) is 15.4. The lowest BCUT2D eigenvalue weighted by atomic mass is 9.95. The lowest BCUT2D eigenvalue weighted by molar-refractivity contribution is -0.302. The summed E-state index contributed by atoms with van der Waals surface area (Å²) >= 11 is 0. The number of aliphatic hydroxyl groups is 5. The van der Waals surface area contributed by atoms with E-state index in [0.717, 1.165) is 83.5 Å². The Morgan fingerprint density at radius 2 is 1.01 bits per heavy atom. The van der Waals surface area contributed by atoms with Crippen molar-refractivity contribution in [2.24, 2.45) is 5.73 Å². The van der Waals surface area contributed by atoms with Gasteiger partial charge >= 0.3 is 13.8 Å². The van der Waals surface area contributed by atoms with Gasteiger partial charge in [0, 0.05) is 13.0 Å². The Morgan fingerprint density at radius 3 is 1.53 bits per heavy atom. The van der Waals surface area contributed by atoms with Crippen LogP contribution in [-0.2, 0) is 47.2 Å². The Labute approximate surface area is 468 Å². The molecular weight excluding hydrogens is 1030 g/mol. The zero-order chi connectivity index (χ0) is 57.4. The van der Waals surface area contributed by atoms with Gasteiger partial charge in [-0.25, -0.2) is 4.57 Å². The van der Waals surface area contributed by atoms with Crippen molar-refractivity contribution < 1.29 is 82.5 Å². The number of phosphoric acid groups is 1. The van der Waals surface area contributed by atoms with Gasteiger partial charge in [-0.05, 0) is 51.5 Å². The van der Waals surface area contributed by atoms with Crippen LogP contribution in [0.4, 0.5) is 0 Å². The van der Waals surface area contributed by atoms with Crippen LogP contribution in [0.2, 0.25) is 0 Å². The van der Waals surface area contributed by atoms with Crippen molar-refractivity contribution in [1.29, 1.82) is 0 Å². The summed E-state index contributed by atoms with van der Waals surface area (Å²) < 4.78 is 47.1. The van der Waals surface area contributed by atoms with E-state index in [1.54, 1.807) is 0 Å². The number of rotatable bonds is 49. The maximum atomic E-state index is 14.0. The van der Waals surface area contributed by atoms with Crippen molar-refractivity contribution in [3.05, 3.63) is 0 Å². The topological polar surface area (TPSA) is 315 Å². The number of hydrogen-bond acceptors (Lipinski definition) is 16. The number of carbonyl (C=O) groups is 3. The van der Waals surface area contributed by atoms with Crippen LogP contribution in [0, 0.1) is 0 Å². The number of nitrogens with two attached hydrogens (primary N) is 1. The van der Waals surface area contributed by atoms with E-state index in [-0.39, 0.29) is 25.9 Å². The monoisotopic (exact) mass is 1140 g/mol. The Bertz CT molecular complexity index is 1570. The number of unbranched alkanes of at least 4 members (excludes halogenated alkanes) is 26. The second kappa shape index (κ2) is 44.7. The van der Waals surface area contributed by atoms with Gasteiger partial charge in [0.05, 0.1) is 32.2 Å². The first-order valence-electron chi connectivity index (χ1n) is 30.7. The van der Waals surface area contributed by atoms with Gasteiger partial charge in [-0.15, -0.1) is 0 Å². The van der Waals surface area contributed by atoms with Gasteiger partial charge < -0.3 is 75.4 Å². The number of nitrogens with one attached hydrogen (secondary N) is 2. The standard InChI is InChI=1S/C57H110N3O17P/c1-4-7-10-13-16-19-22-25-29-34-43(62)39-47(63)59-50-53(67)52(66)46(76-56(50)72-38-33-28-32-37-58)42-73-57-51(54(68)55(45(41-61)75-57)77-78(69,70)71)60-48(64)40-44(35-30-26-23-20-17-14-11-8-5-2)74-49(65)36-31-27-24-21-18-15-12-9-6-3/h43-46,50-57,61-62,66-68H,4-42,58H2,1-3H3,(H,59,63)(H,60,64)(H2,69,70,71)/t43-,44-,45-,46-,50-,51-,52-,53-,54-,55-,56+,57-/m1/s1. The van der Waals surface area contributed by atoms with Crippen LogP contribution in [0.1, 0.15) is 245 Å². The summed E-state index contributed by atoms with van der Waals surface area (Å²) in [6, 6.07) is -2.89. The van der Waals surface area contributed by atoms with Gasteiger partial charge in [0.2, 0.25) is 11.8 Å². The molecule has 2 saturated heterocycles. The first kappa shape index (κ1) is 72.2. The fraction of sp³-hybridized carbons (Fsp3) is 0.947. The molecule has 20 nitrogen and oxygen atoms in total. The minimum absolute atomic E-state index is 0.133. The zero-order valence-corrected chi connectivity index (χ0v) is 49.1. The van der Waals surface area contributed by atoms with Crippen LogP contribution in [-0.4, -0.2) is 153 Å². The summed E-state index contributed by atoms with van der Waals surface area (Å²) in [6.07, 6.45) is 16.7. The Balaban J connectivity index is 2.22. The predicted molar refractivity (Wildman–Crippen MR) is 299 cm³/mol. The van der Waals surface area contributed by atoms with Crippen molar-refractivity contribution in [2.75, 3.05) is 26.4 Å². The molecule has 2 aliphatic heterocycles. The second-order valence-electron chi connectivity index (χ2n) is 22.0. The van der Waals surface area contributed by atoms with Crippen molar-refractivity contribution in [2.45, 2.75) is 319 Å². The lowest BCUT2D eigenvalue weighted by Crippen LogP contribution is -2.67. The minimum Gasteiger partial charge on any atom is -0.462 e. The summed E-state index contributed by atoms with van der Waals surface area (Å²) in [7, 11) is -5.31. The highest BCUT2D eigenvalue weighted by molar-refractivity contribution is 7.46. The molecule has 0 spiro atoms. The molecule has 0 bridgehead atoms. The average Bonchev–Trinajstić information content (AvgIpc) is 3.46. The van der Waals surface area contributed by atoms with Gasteiger partial charge in [-0.3, -0.25) is 18.9 Å². The van der Waals surface area contributed by atoms with Gasteiger partial charge in [-0.2, -0.15) is 0 Å². The molecule has 12 atom stereocenters. The molecule has 2 rings (SSSR count). The number of hydrogen-bond donors (Lipinski definition) is 10. The summed E-state index contributed by atoms with van der Waals surface area (Å²) in [5.41, 5.74) is 5.67. The van der Waals surface area contributed by atoms with E-state index in [1.807, 2.05) is 0 Å². The van der Waals surface area contributed by atoms with Crippen LogP contribution in [0.25, 0.3) is 0 Å². The fourth-order valence-electron chi connectivity index (χ4n) is 10.2. The van der Waals surface area contributed by atoms with Crippen LogP contribution >= 0.6 is 7.82 Å². The van der Waals surface area contributed by atoms with E-state index in [2.05, 4.69) is 31.4 Å². The summed E-state index contributed by atoms with van der Waals surface area (Å²) in [5, 5.41) is 61.0. The van der Waals surface area contributed by atoms with E-state index < -0.39 is 112 Å². The highest BCUT2D eigenvalue weighted by atomic mass is 31.2. The van der Waals surface area contributed by atoms with Crippen LogP contribution < -0.4 is 16.4 Å². The summed E-state index contributed by atoms with van der Waals surface area (Å²) in [5.74, 6) is -1.72. The molecule has 2 amide bonds. The average molecular weight is 1140 g/mol. The van der Waals surface area contributed by atoms with Gasteiger partial charge in [0.15, 0.2) is 12.6 Å². The predicted octanol–water partition coefficient (Wildman–Crippen LogP) is 7.94. The molecular formula is C57H110N3O17P. The molecule has 0 aromatic heterocycles. The molecule has 11 N–H and O–H groups in total. The lowest BCUT2D eigenvalue weighted by Gasteiger charge is -2.45. The van der Waals surface area contributed by atoms with Crippen LogP contribution in [0.5, 0.6) is 0 Å². The van der Waals surface area contributed by atoms with Crippen LogP contribution in [0.15, 0.2) is 0 Å². The van der Waals surface area contributed by atoms with Crippen LogP contribution in [0.3, 0.4) is 0 Å². The fourth-order valence-corrected chi connectivity index (χ4v) is 10.8. The Kier molecular flexibility index (Phi) is 41.4. The van der Waals surface area contributed by atoms with Crippen molar-refractivity contribution in [3.8, 4) is 0 Å². The molecule has 2 fully saturated rings. The van der Waals surface area contributed by atoms with Crippen molar-refractivity contribution in [1.82, 2.24) is 10.6 Å². The smallest absolute Gasteiger partial charge is 0.462 e. The Morgan fingerprint density at radius 1 is 0.564 bits per heavy atom. The first-order chi connectivity index (χ1) is 37.6. The molecule has 0 unspecified atom stereocenters. The first-order valence-corrected chi connectivity index (χ1v) is 32.2. The number of phosphoric ester groups is 1. The summed E-state index contributed by atoms with van der Waals surface area (Å²) in [6.45, 7) is 5.67. The number of aliphatic hydroxyl groups excluding tert-OH is 5. The number of ether oxygens (including phenoxy) is 5. The highest BCUT2D eigenvalue weighted by Crippen LogP contribution is 2.41. The molecule has 78 heavy (non-hydrogen) atoms. The molecule has 0 aromatic carbocycles. The zero-order valence-electron chi connectivity index (χ0n) is 48.2. The third kappa shape index (κ3) is 32.7. The number of esters is 1. The van der Waals surface area contributed by atoms with Gasteiger partial charge in [0.25, 0.3) is 0 Å². The molecule has 0 aromatic rings. The van der Waals surface area contributed by atoms with Gasteiger partial charge in [-0.1, -0.05) is 181 Å². The molecule has 21 heteroatoms. The maximum absolute atomic E-state index is 14.0. The maximum Gasteiger partial charge on any atom is 0.470 e.